The molecule has 3 aromatic rings. The molecule has 0 saturated carbocycles. The van der Waals surface area contributed by atoms with Gasteiger partial charge >= 0.3 is 5.97 Å². The second kappa shape index (κ2) is 10.1. The molecule has 6 nitrogen and oxygen atoms in total. The highest BCUT2D eigenvalue weighted by molar-refractivity contribution is 6.42. The summed E-state index contributed by atoms with van der Waals surface area (Å²) in [5.41, 5.74) is 8.06. The fourth-order valence-electron chi connectivity index (χ4n) is 3.63. The first-order valence-electron chi connectivity index (χ1n) is 10.5. The maximum Gasteiger partial charge on any atom is 0.343 e. The van der Waals surface area contributed by atoms with Crippen LogP contribution in [0.25, 0.3) is 0 Å². The maximum absolute atomic E-state index is 12.7. The number of hydrogen-bond donors (Lipinski definition) is 1. The Balaban J connectivity index is 1.63. The van der Waals surface area contributed by atoms with Gasteiger partial charge in [-0.25, -0.2) is 4.79 Å². The molecule has 8 heteroatoms. The Kier molecular flexibility index (Phi) is 6.97. The van der Waals surface area contributed by atoms with Crippen molar-refractivity contribution in [3.63, 3.8) is 0 Å². The standard InChI is InChI=1S/C26H20Cl2N2O4/c1-2-10-32-17-5-3-4-16(11-17)26(31)33-18-7-8-19-23(13-18)34-25(30)20(14-29)24(19)15-6-9-21(27)22(28)12-15/h3-9,11-13,24H,2,10,30H2,1H3. The van der Waals surface area contributed by atoms with Crippen LogP contribution in [-0.2, 0) is 0 Å². The zero-order valence-electron chi connectivity index (χ0n) is 18.2. The molecule has 0 amide bonds. The molecule has 0 saturated heterocycles. The summed E-state index contributed by atoms with van der Waals surface area (Å²) < 4.78 is 16.8. The van der Waals surface area contributed by atoms with Gasteiger partial charge in [0.15, 0.2) is 0 Å². The van der Waals surface area contributed by atoms with Crippen molar-refractivity contribution < 1.29 is 19.0 Å². The van der Waals surface area contributed by atoms with Gasteiger partial charge in [0, 0.05) is 11.6 Å². The first kappa shape index (κ1) is 23.5. The van der Waals surface area contributed by atoms with E-state index < -0.39 is 11.9 Å². The Bertz CT molecular complexity index is 1330. The van der Waals surface area contributed by atoms with E-state index in [9.17, 15) is 10.1 Å². The SMILES string of the molecule is CCCOc1cccc(C(=O)Oc2ccc3c(c2)OC(N)=C(C#N)C3c2ccc(Cl)c(Cl)c2)c1. The van der Waals surface area contributed by atoms with Crippen LogP contribution >= 0.6 is 23.2 Å². The number of nitrogens with two attached hydrogens (primary N) is 1. The third-order valence-corrected chi connectivity index (χ3v) is 5.96. The predicted molar refractivity (Wildman–Crippen MR) is 129 cm³/mol. The minimum atomic E-state index is -0.542. The summed E-state index contributed by atoms with van der Waals surface area (Å²) in [7, 11) is 0. The molecular weight excluding hydrogens is 475 g/mol. The Morgan fingerprint density at radius 3 is 2.65 bits per heavy atom. The number of esters is 1. The summed E-state index contributed by atoms with van der Waals surface area (Å²) in [6.07, 6.45) is 0.859. The third-order valence-electron chi connectivity index (χ3n) is 5.22. The lowest BCUT2D eigenvalue weighted by atomic mass is 9.83. The fourth-order valence-corrected chi connectivity index (χ4v) is 3.94. The van der Waals surface area contributed by atoms with E-state index in [0.29, 0.717) is 39.3 Å². The summed E-state index contributed by atoms with van der Waals surface area (Å²) in [5.74, 6) is 0.148. The normalized spacial score (nSPS) is 14.6. The number of carbonyl (C=O) groups excluding carboxylic acids is 1. The van der Waals surface area contributed by atoms with Crippen LogP contribution in [0.4, 0.5) is 0 Å². The average Bonchev–Trinajstić information content (AvgIpc) is 2.83. The molecule has 34 heavy (non-hydrogen) atoms. The van der Waals surface area contributed by atoms with Crippen LogP contribution in [0.2, 0.25) is 10.0 Å². The van der Waals surface area contributed by atoms with Crippen molar-refractivity contribution in [3.05, 3.63) is 98.9 Å². The summed E-state index contributed by atoms with van der Waals surface area (Å²) in [6.45, 7) is 2.56. The van der Waals surface area contributed by atoms with Crippen molar-refractivity contribution >= 4 is 29.2 Å². The van der Waals surface area contributed by atoms with Crippen LogP contribution < -0.4 is 19.9 Å². The van der Waals surface area contributed by atoms with Crippen molar-refractivity contribution in [2.45, 2.75) is 19.3 Å². The minimum absolute atomic E-state index is 0.0321. The van der Waals surface area contributed by atoms with Crippen molar-refractivity contribution in [3.8, 4) is 23.3 Å². The molecule has 1 atom stereocenters. The first-order chi connectivity index (χ1) is 16.4. The van der Waals surface area contributed by atoms with Gasteiger partial charge < -0.3 is 19.9 Å². The lowest BCUT2D eigenvalue weighted by Crippen LogP contribution is -2.21. The lowest BCUT2D eigenvalue weighted by molar-refractivity contribution is 0.0734. The van der Waals surface area contributed by atoms with Gasteiger partial charge in [-0.3, -0.25) is 0 Å². The lowest BCUT2D eigenvalue weighted by Gasteiger charge is -2.27. The number of carbonyl (C=O) groups is 1. The van der Waals surface area contributed by atoms with E-state index in [-0.39, 0.29) is 17.2 Å². The monoisotopic (exact) mass is 494 g/mol. The van der Waals surface area contributed by atoms with Crippen LogP contribution in [0.5, 0.6) is 17.2 Å². The molecule has 1 unspecified atom stereocenters. The highest BCUT2D eigenvalue weighted by Crippen LogP contribution is 2.44. The number of fused-ring (bicyclic) bond motifs is 1. The smallest absolute Gasteiger partial charge is 0.343 e. The molecule has 1 heterocycles. The number of allylic oxidation sites excluding steroid dienone is 1. The van der Waals surface area contributed by atoms with E-state index in [1.807, 2.05) is 6.92 Å². The first-order valence-corrected chi connectivity index (χ1v) is 11.3. The molecule has 1 aliphatic heterocycles. The van der Waals surface area contributed by atoms with Crippen molar-refractivity contribution in [2.24, 2.45) is 5.73 Å². The quantitative estimate of drug-likeness (QED) is 0.322. The number of rotatable bonds is 6. The van der Waals surface area contributed by atoms with Gasteiger partial charge in [-0.1, -0.05) is 48.3 Å². The van der Waals surface area contributed by atoms with Gasteiger partial charge in [0.2, 0.25) is 5.88 Å². The number of hydrogen-bond acceptors (Lipinski definition) is 6. The van der Waals surface area contributed by atoms with Crippen LogP contribution in [0.1, 0.15) is 40.7 Å². The summed E-state index contributed by atoms with van der Waals surface area (Å²) in [6, 6.07) is 19.0. The molecular formula is C26H20Cl2N2O4. The van der Waals surface area contributed by atoms with Gasteiger partial charge in [0.05, 0.1) is 28.1 Å². The van der Waals surface area contributed by atoms with E-state index in [4.69, 9.17) is 43.1 Å². The van der Waals surface area contributed by atoms with E-state index in [1.54, 1.807) is 60.7 Å². The molecule has 0 aliphatic carbocycles. The van der Waals surface area contributed by atoms with Crippen LogP contribution in [0.3, 0.4) is 0 Å². The second-order valence-corrected chi connectivity index (χ2v) is 8.38. The van der Waals surface area contributed by atoms with Crippen LogP contribution in [0.15, 0.2) is 72.1 Å². The van der Waals surface area contributed by atoms with Gasteiger partial charge in [0.25, 0.3) is 0 Å². The molecule has 3 aromatic carbocycles. The summed E-state index contributed by atoms with van der Waals surface area (Å²) in [4.78, 5) is 12.7. The number of nitrogens with zero attached hydrogens (tertiary/aromatic N) is 1. The van der Waals surface area contributed by atoms with Gasteiger partial charge in [-0.2, -0.15) is 5.26 Å². The average molecular weight is 495 g/mol. The minimum Gasteiger partial charge on any atom is -0.494 e. The van der Waals surface area contributed by atoms with Crippen LogP contribution in [-0.4, -0.2) is 12.6 Å². The van der Waals surface area contributed by atoms with Gasteiger partial charge in [-0.05, 0) is 48.4 Å². The molecule has 2 N–H and O–H groups in total. The highest BCUT2D eigenvalue weighted by atomic mass is 35.5. The van der Waals surface area contributed by atoms with Crippen molar-refractivity contribution in [2.75, 3.05) is 6.61 Å². The van der Waals surface area contributed by atoms with Gasteiger partial charge in [0.1, 0.15) is 28.9 Å². The zero-order valence-corrected chi connectivity index (χ0v) is 19.7. The van der Waals surface area contributed by atoms with Gasteiger partial charge in [-0.15, -0.1) is 0 Å². The Morgan fingerprint density at radius 1 is 1.09 bits per heavy atom. The maximum atomic E-state index is 12.7. The van der Waals surface area contributed by atoms with Crippen molar-refractivity contribution in [1.29, 1.82) is 5.26 Å². The molecule has 4 rings (SSSR count). The second-order valence-electron chi connectivity index (χ2n) is 7.56. The Morgan fingerprint density at radius 2 is 1.91 bits per heavy atom. The summed E-state index contributed by atoms with van der Waals surface area (Å²) in [5, 5.41) is 10.5. The molecule has 0 fully saturated rings. The van der Waals surface area contributed by atoms with Crippen molar-refractivity contribution in [1.82, 2.24) is 0 Å². The number of halogens is 2. The number of benzene rings is 3. The molecule has 0 aromatic heterocycles. The highest BCUT2D eigenvalue weighted by Gasteiger charge is 2.31. The molecule has 1 aliphatic rings. The fraction of sp³-hybridized carbons (Fsp3) is 0.154. The summed E-state index contributed by atoms with van der Waals surface area (Å²) >= 11 is 12.3. The van der Waals surface area contributed by atoms with E-state index in [2.05, 4.69) is 6.07 Å². The van der Waals surface area contributed by atoms with E-state index >= 15 is 0 Å². The largest absolute Gasteiger partial charge is 0.494 e. The molecule has 0 radical (unpaired) electrons. The number of nitriles is 1. The number of ether oxygens (including phenoxy) is 3. The Labute approximate surface area is 207 Å². The van der Waals surface area contributed by atoms with E-state index in [1.165, 1.54) is 0 Å². The topological polar surface area (TPSA) is 94.6 Å². The predicted octanol–water partition coefficient (Wildman–Crippen LogP) is 6.22. The molecule has 0 spiro atoms. The molecule has 172 valence electrons. The van der Waals surface area contributed by atoms with E-state index in [0.717, 1.165) is 12.0 Å². The van der Waals surface area contributed by atoms with Crippen LogP contribution in [0, 0.1) is 11.3 Å². The third kappa shape index (κ3) is 4.81. The molecule has 0 bridgehead atoms. The Hall–Kier alpha value is -3.66. The zero-order chi connectivity index (χ0) is 24.2.